The van der Waals surface area contributed by atoms with Crippen molar-refractivity contribution in [2.75, 3.05) is 46.0 Å². The van der Waals surface area contributed by atoms with Gasteiger partial charge >= 0.3 is 0 Å². The lowest BCUT2D eigenvalue weighted by Gasteiger charge is -2.28. The lowest BCUT2D eigenvalue weighted by molar-refractivity contribution is -0.908. The first-order valence-electron chi connectivity index (χ1n) is 15.1. The number of carbonyl (C=O) groups excluding carboxylic acids is 2. The number of aliphatic hydroxyl groups excluding tert-OH is 1. The van der Waals surface area contributed by atoms with Crippen LogP contribution >= 0.6 is 0 Å². The van der Waals surface area contributed by atoms with Crippen LogP contribution in [0.15, 0.2) is 78.4 Å². The Hall–Kier alpha value is -4.14. The van der Waals surface area contributed by atoms with E-state index in [0.717, 1.165) is 44.8 Å². The number of hydrogen-bond acceptors (Lipinski definition) is 6. The number of rotatable bonds is 11. The SMILES string of the molecule is Cc1cc(OCC(C)C)ccc1C(O)=C1C(=O)C(=O)N(CCC[NH+]2CCOCC2)[C@@H]1c1cccc(Oc2ccccc2)c1. The number of ether oxygens (including phenoxy) is 3. The average Bonchev–Trinajstić information content (AvgIpc) is 3.26. The largest absolute Gasteiger partial charge is 0.507 e. The molecule has 2 saturated heterocycles. The fourth-order valence-corrected chi connectivity index (χ4v) is 5.64. The number of nitrogens with zero attached hydrogens (tertiary/aromatic N) is 1. The Morgan fingerprint density at radius 1 is 0.977 bits per heavy atom. The van der Waals surface area contributed by atoms with E-state index in [2.05, 4.69) is 13.8 Å². The molecule has 5 rings (SSSR count). The molecular formula is C35H41N2O6+. The van der Waals surface area contributed by atoms with E-state index < -0.39 is 17.7 Å². The third-order valence-corrected chi connectivity index (χ3v) is 7.86. The molecule has 2 heterocycles. The van der Waals surface area contributed by atoms with Gasteiger partial charge in [-0.15, -0.1) is 0 Å². The molecule has 0 aliphatic carbocycles. The maximum Gasteiger partial charge on any atom is 0.295 e. The van der Waals surface area contributed by atoms with Crippen LogP contribution < -0.4 is 14.4 Å². The summed E-state index contributed by atoms with van der Waals surface area (Å²) in [6, 6.07) is 21.5. The van der Waals surface area contributed by atoms with Crippen LogP contribution in [0.25, 0.3) is 5.76 Å². The molecule has 3 aromatic rings. The summed E-state index contributed by atoms with van der Waals surface area (Å²) < 4.78 is 17.4. The van der Waals surface area contributed by atoms with Crippen LogP contribution in [-0.2, 0) is 14.3 Å². The molecule has 0 bridgehead atoms. The molecule has 1 amide bonds. The highest BCUT2D eigenvalue weighted by Crippen LogP contribution is 2.41. The number of carbonyl (C=O) groups is 2. The number of nitrogens with one attached hydrogen (secondary N) is 1. The van der Waals surface area contributed by atoms with Crippen molar-refractivity contribution in [1.82, 2.24) is 4.90 Å². The molecule has 2 N–H and O–H groups in total. The molecule has 0 saturated carbocycles. The second-order valence-electron chi connectivity index (χ2n) is 11.6. The molecule has 43 heavy (non-hydrogen) atoms. The summed E-state index contributed by atoms with van der Waals surface area (Å²) in [7, 11) is 0. The van der Waals surface area contributed by atoms with Crippen LogP contribution in [0.4, 0.5) is 0 Å². The summed E-state index contributed by atoms with van der Waals surface area (Å²) >= 11 is 0. The van der Waals surface area contributed by atoms with Gasteiger partial charge in [-0.1, -0.05) is 44.2 Å². The summed E-state index contributed by atoms with van der Waals surface area (Å²) in [4.78, 5) is 30.2. The van der Waals surface area contributed by atoms with Gasteiger partial charge in [-0.3, -0.25) is 9.59 Å². The van der Waals surface area contributed by atoms with Crippen molar-refractivity contribution in [3.8, 4) is 17.2 Å². The van der Waals surface area contributed by atoms with E-state index in [1.165, 1.54) is 4.90 Å². The molecule has 8 nitrogen and oxygen atoms in total. The Morgan fingerprint density at radius 2 is 1.72 bits per heavy atom. The minimum absolute atomic E-state index is 0.0829. The van der Waals surface area contributed by atoms with Gasteiger partial charge in [-0.05, 0) is 66.4 Å². The quantitative estimate of drug-likeness (QED) is 0.195. The van der Waals surface area contributed by atoms with E-state index in [1.54, 1.807) is 17.0 Å². The Labute approximate surface area is 253 Å². The second kappa shape index (κ2) is 13.9. The molecular weight excluding hydrogens is 544 g/mol. The molecule has 2 fully saturated rings. The van der Waals surface area contributed by atoms with Gasteiger partial charge in [0.15, 0.2) is 0 Å². The molecule has 2 aliphatic heterocycles. The number of quaternary nitrogens is 1. The number of likely N-dealkylation sites (tertiary alicyclic amines) is 1. The monoisotopic (exact) mass is 585 g/mol. The fourth-order valence-electron chi connectivity index (χ4n) is 5.64. The number of aryl methyl sites for hydroxylation is 1. The molecule has 0 unspecified atom stereocenters. The first kappa shape index (κ1) is 30.3. The third kappa shape index (κ3) is 7.27. The maximum atomic E-state index is 13.6. The topological polar surface area (TPSA) is 89.7 Å². The standard InChI is InChI=1S/C35H40N2O6/c1-24(2)23-42-28-13-14-30(25(3)21-28)33(38)31-32(26-9-7-12-29(22-26)43-27-10-5-4-6-11-27)37(35(40)34(31)39)16-8-15-36-17-19-41-20-18-36/h4-7,9-14,21-22,24,32,38H,8,15-20,23H2,1-3H3/p+1/t32-/m1/s1. The zero-order valence-electron chi connectivity index (χ0n) is 25.2. The summed E-state index contributed by atoms with van der Waals surface area (Å²) in [5.41, 5.74) is 2.03. The minimum atomic E-state index is -0.754. The summed E-state index contributed by atoms with van der Waals surface area (Å²) in [6.07, 6.45) is 0.722. The normalized spacial score (nSPS) is 18.8. The molecule has 2 aliphatic rings. The molecule has 226 valence electrons. The Morgan fingerprint density at radius 3 is 2.44 bits per heavy atom. The number of Topliss-reactive ketones (excluding diaryl/α,β-unsaturated/α-hetero) is 1. The highest BCUT2D eigenvalue weighted by atomic mass is 16.5. The highest BCUT2D eigenvalue weighted by Gasteiger charge is 2.46. The van der Waals surface area contributed by atoms with E-state index in [0.29, 0.717) is 47.4 Å². The van der Waals surface area contributed by atoms with Gasteiger partial charge in [0.05, 0.1) is 38.0 Å². The van der Waals surface area contributed by atoms with Crippen LogP contribution in [0.2, 0.25) is 0 Å². The third-order valence-electron chi connectivity index (χ3n) is 7.86. The number of amides is 1. The van der Waals surface area contributed by atoms with E-state index in [9.17, 15) is 14.7 Å². The van der Waals surface area contributed by atoms with Gasteiger partial charge in [0, 0.05) is 18.5 Å². The van der Waals surface area contributed by atoms with Gasteiger partial charge in [0.1, 0.15) is 36.1 Å². The van der Waals surface area contributed by atoms with Crippen LogP contribution in [0.1, 0.15) is 43.0 Å². The lowest BCUT2D eigenvalue weighted by atomic mass is 9.93. The molecule has 0 aromatic heterocycles. The minimum Gasteiger partial charge on any atom is -0.507 e. The van der Waals surface area contributed by atoms with Crippen molar-refractivity contribution in [2.24, 2.45) is 5.92 Å². The van der Waals surface area contributed by atoms with Gasteiger partial charge in [0.2, 0.25) is 0 Å². The first-order chi connectivity index (χ1) is 20.8. The number of aliphatic hydroxyl groups is 1. The fraction of sp³-hybridized carbons (Fsp3) is 0.371. The number of ketones is 1. The van der Waals surface area contributed by atoms with Crippen LogP contribution in [0, 0.1) is 12.8 Å². The Balaban J connectivity index is 1.49. The van der Waals surface area contributed by atoms with E-state index in [1.807, 2.05) is 67.6 Å². The zero-order chi connectivity index (χ0) is 30.3. The second-order valence-corrected chi connectivity index (χ2v) is 11.6. The Bertz CT molecular complexity index is 1460. The molecule has 0 radical (unpaired) electrons. The van der Waals surface area contributed by atoms with E-state index in [4.69, 9.17) is 14.2 Å². The summed E-state index contributed by atoms with van der Waals surface area (Å²) in [5, 5.41) is 11.7. The number of para-hydroxylation sites is 1. The van der Waals surface area contributed by atoms with Gasteiger partial charge in [-0.25, -0.2) is 0 Å². The molecule has 1 atom stereocenters. The van der Waals surface area contributed by atoms with E-state index in [-0.39, 0.29) is 11.3 Å². The molecule has 8 heteroatoms. The summed E-state index contributed by atoms with van der Waals surface area (Å²) in [6.45, 7) is 11.2. The van der Waals surface area contributed by atoms with Gasteiger partial charge < -0.3 is 29.1 Å². The molecule has 3 aromatic carbocycles. The average molecular weight is 586 g/mol. The molecule has 0 spiro atoms. The number of benzene rings is 3. The smallest absolute Gasteiger partial charge is 0.295 e. The number of hydrogen-bond donors (Lipinski definition) is 2. The van der Waals surface area contributed by atoms with Crippen molar-refractivity contribution in [1.29, 1.82) is 0 Å². The van der Waals surface area contributed by atoms with Gasteiger partial charge in [0.25, 0.3) is 11.7 Å². The highest BCUT2D eigenvalue weighted by molar-refractivity contribution is 6.46. The zero-order valence-corrected chi connectivity index (χ0v) is 25.2. The predicted octanol–water partition coefficient (Wildman–Crippen LogP) is 4.55. The summed E-state index contributed by atoms with van der Waals surface area (Å²) in [5.74, 6) is 0.842. The first-order valence-corrected chi connectivity index (χ1v) is 15.1. The van der Waals surface area contributed by atoms with Gasteiger partial charge in [-0.2, -0.15) is 0 Å². The van der Waals surface area contributed by atoms with Crippen LogP contribution in [-0.4, -0.2) is 67.7 Å². The van der Waals surface area contributed by atoms with Crippen LogP contribution in [0.3, 0.4) is 0 Å². The Kier molecular flexibility index (Phi) is 9.79. The maximum absolute atomic E-state index is 13.6. The van der Waals surface area contributed by atoms with Crippen molar-refractivity contribution >= 4 is 17.4 Å². The lowest BCUT2D eigenvalue weighted by Crippen LogP contribution is -3.14. The van der Waals surface area contributed by atoms with Crippen molar-refractivity contribution in [2.45, 2.75) is 33.2 Å². The van der Waals surface area contributed by atoms with E-state index >= 15 is 0 Å². The van der Waals surface area contributed by atoms with Crippen LogP contribution in [0.5, 0.6) is 17.2 Å². The predicted molar refractivity (Wildman–Crippen MR) is 164 cm³/mol. The number of morpholine rings is 1. The van der Waals surface area contributed by atoms with Crippen molar-refractivity contribution < 1.29 is 33.8 Å². The van der Waals surface area contributed by atoms with Crippen molar-refractivity contribution in [3.05, 3.63) is 95.1 Å². The van der Waals surface area contributed by atoms with Crippen molar-refractivity contribution in [3.63, 3.8) is 0 Å².